The largest absolute Gasteiger partial charge is 0.304 e. The second kappa shape index (κ2) is 7.09. The van der Waals surface area contributed by atoms with Gasteiger partial charge in [-0.2, -0.15) is 0 Å². The van der Waals surface area contributed by atoms with Crippen LogP contribution in [0.2, 0.25) is 0 Å². The molecule has 0 saturated carbocycles. The van der Waals surface area contributed by atoms with Crippen LogP contribution in [0.25, 0.3) is 0 Å². The predicted molar refractivity (Wildman–Crippen MR) is 82.7 cm³/mol. The van der Waals surface area contributed by atoms with Crippen molar-refractivity contribution in [2.24, 2.45) is 0 Å². The Labute approximate surface area is 128 Å². The Kier molecular flexibility index (Phi) is 5.42. The van der Waals surface area contributed by atoms with Crippen LogP contribution in [0, 0.1) is 18.6 Å². The first kappa shape index (κ1) is 16.0. The maximum absolute atomic E-state index is 14.1. The first-order valence-electron chi connectivity index (χ1n) is 7.21. The minimum Gasteiger partial charge on any atom is -0.304 e. The molecule has 21 heavy (non-hydrogen) atoms. The summed E-state index contributed by atoms with van der Waals surface area (Å²) >= 11 is 1.57. The van der Waals surface area contributed by atoms with E-state index in [4.69, 9.17) is 0 Å². The fourth-order valence-corrected chi connectivity index (χ4v) is 3.36. The summed E-state index contributed by atoms with van der Waals surface area (Å²) in [6.07, 6.45) is 1.79. The number of halogens is 2. The predicted octanol–water partition coefficient (Wildman–Crippen LogP) is 4.38. The number of benzene rings is 1. The molecule has 2 rings (SSSR count). The summed E-state index contributed by atoms with van der Waals surface area (Å²) in [6, 6.07) is 3.40. The highest BCUT2D eigenvalue weighted by molar-refractivity contribution is 7.11. The van der Waals surface area contributed by atoms with Crippen LogP contribution < -0.4 is 5.32 Å². The molecule has 1 N–H and O–H groups in total. The molecular weight excluding hydrogens is 290 g/mol. The van der Waals surface area contributed by atoms with Gasteiger partial charge < -0.3 is 5.32 Å². The molecule has 0 spiro atoms. The smallest absolute Gasteiger partial charge is 0.131 e. The number of hydrogen-bond donors (Lipinski definition) is 1. The first-order chi connectivity index (χ1) is 10.1. The van der Waals surface area contributed by atoms with E-state index in [0.717, 1.165) is 41.0 Å². The van der Waals surface area contributed by atoms with E-state index in [-0.39, 0.29) is 6.04 Å². The first-order valence-corrected chi connectivity index (χ1v) is 8.03. The van der Waals surface area contributed by atoms with Crippen LogP contribution in [0.5, 0.6) is 0 Å². The molecule has 0 aliphatic rings. The Balaban J connectivity index is 2.41. The lowest BCUT2D eigenvalue weighted by Gasteiger charge is -2.17. The SMILES string of the molecule is CCCNC(c1nc(CC)c(C)s1)c1ccc(F)cc1F. The maximum atomic E-state index is 14.1. The number of rotatable bonds is 6. The van der Waals surface area contributed by atoms with Crippen molar-refractivity contribution in [1.82, 2.24) is 10.3 Å². The van der Waals surface area contributed by atoms with Gasteiger partial charge >= 0.3 is 0 Å². The quantitative estimate of drug-likeness (QED) is 0.856. The van der Waals surface area contributed by atoms with E-state index in [0.29, 0.717) is 5.56 Å². The summed E-state index contributed by atoms with van der Waals surface area (Å²) in [7, 11) is 0. The fraction of sp³-hybridized carbons (Fsp3) is 0.438. The summed E-state index contributed by atoms with van der Waals surface area (Å²) in [5.74, 6) is -1.09. The average Bonchev–Trinajstić information content (AvgIpc) is 2.82. The molecule has 0 saturated heterocycles. The number of hydrogen-bond acceptors (Lipinski definition) is 3. The highest BCUT2D eigenvalue weighted by atomic mass is 32.1. The molecule has 0 fully saturated rings. The third kappa shape index (κ3) is 3.66. The van der Waals surface area contributed by atoms with Gasteiger partial charge in [0.25, 0.3) is 0 Å². The van der Waals surface area contributed by atoms with Gasteiger partial charge in [0.2, 0.25) is 0 Å². The van der Waals surface area contributed by atoms with Crippen molar-refractivity contribution >= 4 is 11.3 Å². The van der Waals surface area contributed by atoms with E-state index in [1.807, 2.05) is 6.92 Å². The second-order valence-corrected chi connectivity index (χ2v) is 6.20. The van der Waals surface area contributed by atoms with Crippen LogP contribution in [-0.2, 0) is 6.42 Å². The van der Waals surface area contributed by atoms with Crippen LogP contribution >= 0.6 is 11.3 Å². The Bertz CT molecular complexity index is 610. The Morgan fingerprint density at radius 3 is 2.62 bits per heavy atom. The van der Waals surface area contributed by atoms with Crippen molar-refractivity contribution in [1.29, 1.82) is 0 Å². The number of aromatic nitrogens is 1. The Hall–Kier alpha value is -1.33. The van der Waals surface area contributed by atoms with Crippen LogP contribution in [0.15, 0.2) is 18.2 Å². The highest BCUT2D eigenvalue weighted by Crippen LogP contribution is 2.30. The lowest BCUT2D eigenvalue weighted by atomic mass is 10.1. The van der Waals surface area contributed by atoms with Gasteiger partial charge in [0.15, 0.2) is 0 Å². The number of thiazole rings is 1. The van der Waals surface area contributed by atoms with Crippen molar-refractivity contribution in [3.63, 3.8) is 0 Å². The number of nitrogens with zero attached hydrogens (tertiary/aromatic N) is 1. The van der Waals surface area contributed by atoms with Crippen LogP contribution in [0.1, 0.15) is 47.5 Å². The Morgan fingerprint density at radius 1 is 1.29 bits per heavy atom. The van der Waals surface area contributed by atoms with Crippen molar-refractivity contribution in [2.75, 3.05) is 6.54 Å². The van der Waals surface area contributed by atoms with E-state index in [1.165, 1.54) is 12.1 Å². The molecule has 0 radical (unpaired) electrons. The molecule has 114 valence electrons. The summed E-state index contributed by atoms with van der Waals surface area (Å²) in [6.45, 7) is 6.88. The summed E-state index contributed by atoms with van der Waals surface area (Å²) < 4.78 is 27.2. The minimum atomic E-state index is -0.560. The molecule has 1 aromatic carbocycles. The van der Waals surface area contributed by atoms with Crippen molar-refractivity contribution < 1.29 is 8.78 Å². The van der Waals surface area contributed by atoms with Crippen LogP contribution in [0.3, 0.4) is 0 Å². The summed E-state index contributed by atoms with van der Waals surface area (Å²) in [5, 5.41) is 4.15. The maximum Gasteiger partial charge on any atom is 0.131 e. The van der Waals surface area contributed by atoms with E-state index >= 15 is 0 Å². The molecule has 1 aromatic heterocycles. The lowest BCUT2D eigenvalue weighted by molar-refractivity contribution is 0.531. The molecule has 1 unspecified atom stereocenters. The molecule has 0 aliphatic carbocycles. The van der Waals surface area contributed by atoms with Crippen LogP contribution in [-0.4, -0.2) is 11.5 Å². The molecule has 2 nitrogen and oxygen atoms in total. The third-order valence-electron chi connectivity index (χ3n) is 3.36. The molecule has 1 atom stereocenters. The third-order valence-corrected chi connectivity index (χ3v) is 4.44. The highest BCUT2D eigenvalue weighted by Gasteiger charge is 2.22. The molecule has 0 bridgehead atoms. The molecule has 5 heteroatoms. The zero-order valence-corrected chi connectivity index (χ0v) is 13.4. The number of nitrogens with one attached hydrogen (secondary N) is 1. The summed E-state index contributed by atoms with van der Waals surface area (Å²) in [4.78, 5) is 5.77. The normalized spacial score (nSPS) is 12.6. The molecule has 1 heterocycles. The molecule has 0 aliphatic heterocycles. The van der Waals surface area contributed by atoms with Crippen molar-refractivity contribution in [3.05, 3.63) is 51.0 Å². The van der Waals surface area contributed by atoms with Gasteiger partial charge in [-0.15, -0.1) is 11.3 Å². The fourth-order valence-electron chi connectivity index (χ4n) is 2.26. The topological polar surface area (TPSA) is 24.9 Å². The number of aryl methyl sites for hydroxylation is 2. The van der Waals surface area contributed by atoms with Gasteiger partial charge in [-0.1, -0.05) is 19.9 Å². The van der Waals surface area contributed by atoms with Gasteiger partial charge in [-0.05, 0) is 32.4 Å². The van der Waals surface area contributed by atoms with E-state index in [2.05, 4.69) is 24.1 Å². The summed E-state index contributed by atoms with van der Waals surface area (Å²) in [5.41, 5.74) is 1.49. The zero-order chi connectivity index (χ0) is 15.4. The van der Waals surface area contributed by atoms with Crippen molar-refractivity contribution in [3.8, 4) is 0 Å². The van der Waals surface area contributed by atoms with E-state index in [9.17, 15) is 8.78 Å². The van der Waals surface area contributed by atoms with Gasteiger partial charge in [0.1, 0.15) is 16.6 Å². The average molecular weight is 310 g/mol. The van der Waals surface area contributed by atoms with E-state index < -0.39 is 11.6 Å². The standard InChI is InChI=1S/C16H20F2N2S/c1-4-8-19-15(12-7-6-11(17)9-13(12)18)16-20-14(5-2)10(3)21-16/h6-7,9,15,19H,4-5,8H2,1-3H3. The molecule has 2 aromatic rings. The molecule has 0 amide bonds. The minimum absolute atomic E-state index is 0.324. The Morgan fingerprint density at radius 2 is 2.05 bits per heavy atom. The van der Waals surface area contributed by atoms with Gasteiger partial charge in [-0.3, -0.25) is 0 Å². The van der Waals surface area contributed by atoms with Crippen molar-refractivity contribution in [2.45, 2.75) is 39.7 Å². The zero-order valence-electron chi connectivity index (χ0n) is 12.5. The van der Waals surface area contributed by atoms with E-state index in [1.54, 1.807) is 11.3 Å². The second-order valence-electron chi connectivity index (χ2n) is 4.96. The molecular formula is C16H20F2N2S. The van der Waals surface area contributed by atoms with Gasteiger partial charge in [0, 0.05) is 16.5 Å². The van der Waals surface area contributed by atoms with Crippen LogP contribution in [0.4, 0.5) is 8.78 Å². The monoisotopic (exact) mass is 310 g/mol. The van der Waals surface area contributed by atoms with Gasteiger partial charge in [0.05, 0.1) is 11.7 Å². The lowest BCUT2D eigenvalue weighted by Crippen LogP contribution is -2.24. The van der Waals surface area contributed by atoms with Gasteiger partial charge in [-0.25, -0.2) is 13.8 Å².